The fourth-order valence-corrected chi connectivity index (χ4v) is 2.24. The van der Waals surface area contributed by atoms with Crippen molar-refractivity contribution in [3.63, 3.8) is 0 Å². The molecule has 80 valence electrons. The minimum absolute atomic E-state index is 0.280. The second-order valence-electron chi connectivity index (χ2n) is 3.15. The second-order valence-corrected chi connectivity index (χ2v) is 4.07. The summed E-state index contributed by atoms with van der Waals surface area (Å²) < 4.78 is 1.09. The SMILES string of the molecule is O=c1[nH]c2nc[nH]c2c(=O)n1-c1cccs1. The molecule has 0 spiro atoms. The van der Waals surface area contributed by atoms with Crippen LogP contribution < -0.4 is 11.2 Å². The molecule has 3 aromatic heterocycles. The van der Waals surface area contributed by atoms with Crippen molar-refractivity contribution < 1.29 is 0 Å². The normalized spacial score (nSPS) is 11.0. The van der Waals surface area contributed by atoms with E-state index in [1.165, 1.54) is 17.7 Å². The zero-order valence-electron chi connectivity index (χ0n) is 7.93. The van der Waals surface area contributed by atoms with E-state index in [4.69, 9.17) is 0 Å². The van der Waals surface area contributed by atoms with Crippen molar-refractivity contribution in [3.8, 4) is 5.00 Å². The molecule has 0 saturated heterocycles. The molecule has 0 saturated carbocycles. The van der Waals surface area contributed by atoms with Crippen LogP contribution in [0.1, 0.15) is 0 Å². The Morgan fingerprint density at radius 3 is 3.00 bits per heavy atom. The molecule has 0 aromatic carbocycles. The molecule has 16 heavy (non-hydrogen) atoms. The van der Waals surface area contributed by atoms with Gasteiger partial charge in [-0.2, -0.15) is 0 Å². The molecule has 0 radical (unpaired) electrons. The molecule has 0 aliphatic rings. The smallest absolute Gasteiger partial charge is 0.335 e. The highest BCUT2D eigenvalue weighted by molar-refractivity contribution is 7.12. The van der Waals surface area contributed by atoms with Crippen LogP contribution in [0.5, 0.6) is 0 Å². The first-order chi connectivity index (χ1) is 7.77. The van der Waals surface area contributed by atoms with Gasteiger partial charge in [-0.3, -0.25) is 9.78 Å². The summed E-state index contributed by atoms with van der Waals surface area (Å²) in [5.41, 5.74) is -0.290. The van der Waals surface area contributed by atoms with Crippen LogP contribution in [-0.2, 0) is 0 Å². The second kappa shape index (κ2) is 3.17. The van der Waals surface area contributed by atoms with E-state index in [0.717, 1.165) is 4.57 Å². The molecule has 0 fully saturated rings. The Morgan fingerprint density at radius 2 is 2.25 bits per heavy atom. The van der Waals surface area contributed by atoms with Crippen LogP contribution in [0.3, 0.4) is 0 Å². The van der Waals surface area contributed by atoms with Gasteiger partial charge < -0.3 is 4.98 Å². The van der Waals surface area contributed by atoms with E-state index >= 15 is 0 Å². The molecule has 2 N–H and O–H groups in total. The zero-order valence-corrected chi connectivity index (χ0v) is 8.75. The lowest BCUT2D eigenvalue weighted by atomic mass is 10.5. The van der Waals surface area contributed by atoms with E-state index in [1.807, 2.05) is 0 Å². The molecule has 7 heteroatoms. The quantitative estimate of drug-likeness (QED) is 0.641. The third-order valence-electron chi connectivity index (χ3n) is 2.21. The van der Waals surface area contributed by atoms with Gasteiger partial charge in [-0.25, -0.2) is 14.3 Å². The largest absolute Gasteiger partial charge is 0.339 e. The van der Waals surface area contributed by atoms with Gasteiger partial charge in [0.1, 0.15) is 10.5 Å². The van der Waals surface area contributed by atoms with Crippen molar-refractivity contribution in [3.05, 3.63) is 44.7 Å². The standard InChI is InChI=1S/C9H6N4O2S/c14-8-6-7(11-4-10-6)12-9(15)13(8)5-2-1-3-16-5/h1-4H,(H,10,11)(H,12,15). The number of fused-ring (bicyclic) bond motifs is 1. The summed E-state index contributed by atoms with van der Waals surface area (Å²) in [5, 5.41) is 2.39. The summed E-state index contributed by atoms with van der Waals surface area (Å²) in [4.78, 5) is 32.8. The Kier molecular flexibility index (Phi) is 1.80. The molecular formula is C9H6N4O2S. The first kappa shape index (κ1) is 9.10. The molecule has 3 rings (SSSR count). The summed E-state index contributed by atoms with van der Waals surface area (Å²) in [7, 11) is 0. The van der Waals surface area contributed by atoms with Gasteiger partial charge in [0.15, 0.2) is 5.65 Å². The average molecular weight is 234 g/mol. The Balaban J connectivity index is 2.50. The topological polar surface area (TPSA) is 83.5 Å². The van der Waals surface area contributed by atoms with Crippen LogP contribution in [0.4, 0.5) is 0 Å². The van der Waals surface area contributed by atoms with Crippen molar-refractivity contribution in [2.75, 3.05) is 0 Å². The van der Waals surface area contributed by atoms with Gasteiger partial charge in [-0.1, -0.05) is 0 Å². The lowest BCUT2D eigenvalue weighted by Crippen LogP contribution is -2.33. The van der Waals surface area contributed by atoms with Crippen molar-refractivity contribution in [1.29, 1.82) is 0 Å². The highest BCUT2D eigenvalue weighted by atomic mass is 32.1. The van der Waals surface area contributed by atoms with Gasteiger partial charge in [-0.05, 0) is 17.5 Å². The summed E-state index contributed by atoms with van der Waals surface area (Å²) in [6, 6.07) is 3.49. The Hall–Kier alpha value is -2.15. The molecule has 0 bridgehead atoms. The molecular weight excluding hydrogens is 228 g/mol. The van der Waals surface area contributed by atoms with Gasteiger partial charge in [-0.15, -0.1) is 11.3 Å². The number of aromatic amines is 2. The van der Waals surface area contributed by atoms with Crippen LogP contribution in [-0.4, -0.2) is 19.5 Å². The predicted molar refractivity (Wildman–Crippen MR) is 60.2 cm³/mol. The number of hydrogen-bond donors (Lipinski definition) is 2. The van der Waals surface area contributed by atoms with Crippen LogP contribution >= 0.6 is 11.3 Å². The lowest BCUT2D eigenvalue weighted by Gasteiger charge is -1.99. The molecule has 3 heterocycles. The van der Waals surface area contributed by atoms with Crippen molar-refractivity contribution >= 4 is 22.5 Å². The van der Waals surface area contributed by atoms with E-state index in [0.29, 0.717) is 10.5 Å². The summed E-state index contributed by atoms with van der Waals surface area (Å²) in [6.45, 7) is 0. The molecule has 0 amide bonds. The minimum atomic E-state index is -0.480. The van der Waals surface area contributed by atoms with Crippen molar-refractivity contribution in [2.24, 2.45) is 0 Å². The maximum absolute atomic E-state index is 12.0. The number of nitrogens with zero attached hydrogens (tertiary/aromatic N) is 2. The summed E-state index contributed by atoms with van der Waals surface area (Å²) in [5.74, 6) is 0. The van der Waals surface area contributed by atoms with Gasteiger partial charge in [0.05, 0.1) is 6.33 Å². The minimum Gasteiger partial charge on any atom is -0.339 e. The molecule has 3 aromatic rings. The van der Waals surface area contributed by atoms with Crippen LogP contribution in [0, 0.1) is 0 Å². The number of nitrogens with one attached hydrogen (secondary N) is 2. The predicted octanol–water partition coefficient (Wildman–Crippen LogP) is 0.464. The number of imidazole rings is 1. The Bertz CT molecular complexity index is 750. The fraction of sp³-hybridized carbons (Fsp3) is 0. The van der Waals surface area contributed by atoms with Crippen LogP contribution in [0.2, 0.25) is 0 Å². The van der Waals surface area contributed by atoms with E-state index in [2.05, 4.69) is 15.0 Å². The van der Waals surface area contributed by atoms with Crippen LogP contribution in [0.15, 0.2) is 33.4 Å². The molecule has 0 atom stereocenters. The first-order valence-corrected chi connectivity index (χ1v) is 5.37. The Labute approximate surface area is 92.2 Å². The van der Waals surface area contributed by atoms with Crippen molar-refractivity contribution in [2.45, 2.75) is 0 Å². The van der Waals surface area contributed by atoms with Crippen molar-refractivity contribution in [1.82, 2.24) is 19.5 Å². The molecule has 0 aliphatic heterocycles. The number of aromatic nitrogens is 4. The van der Waals surface area contributed by atoms with Gasteiger partial charge in [0.2, 0.25) is 0 Å². The summed E-state index contributed by atoms with van der Waals surface area (Å²) in [6.07, 6.45) is 1.38. The first-order valence-electron chi connectivity index (χ1n) is 4.49. The van der Waals surface area contributed by atoms with Crippen LogP contribution in [0.25, 0.3) is 16.2 Å². The third-order valence-corrected chi connectivity index (χ3v) is 3.06. The summed E-state index contributed by atoms with van der Waals surface area (Å²) >= 11 is 1.32. The van der Waals surface area contributed by atoms with E-state index in [9.17, 15) is 9.59 Å². The number of thiophene rings is 1. The maximum Gasteiger partial charge on any atom is 0.335 e. The zero-order chi connectivity index (χ0) is 11.1. The molecule has 6 nitrogen and oxygen atoms in total. The van der Waals surface area contributed by atoms with E-state index < -0.39 is 11.2 Å². The van der Waals surface area contributed by atoms with Gasteiger partial charge in [0.25, 0.3) is 5.56 Å². The monoisotopic (exact) mass is 234 g/mol. The molecule has 0 unspecified atom stereocenters. The molecule has 0 aliphatic carbocycles. The van der Waals surface area contributed by atoms with E-state index in [1.54, 1.807) is 17.5 Å². The number of H-pyrrole nitrogens is 2. The third kappa shape index (κ3) is 1.15. The lowest BCUT2D eigenvalue weighted by molar-refractivity contribution is 0.912. The number of hydrogen-bond acceptors (Lipinski definition) is 4. The maximum atomic E-state index is 12.0. The Morgan fingerprint density at radius 1 is 1.38 bits per heavy atom. The highest BCUT2D eigenvalue weighted by Crippen LogP contribution is 2.11. The highest BCUT2D eigenvalue weighted by Gasteiger charge is 2.10. The number of rotatable bonds is 1. The average Bonchev–Trinajstić information content (AvgIpc) is 2.87. The van der Waals surface area contributed by atoms with Gasteiger partial charge in [0, 0.05) is 0 Å². The van der Waals surface area contributed by atoms with E-state index in [-0.39, 0.29) is 5.65 Å². The fourth-order valence-electron chi connectivity index (χ4n) is 1.51. The van der Waals surface area contributed by atoms with Gasteiger partial charge >= 0.3 is 5.69 Å².